The number of halogens is 3. The molecule has 0 radical (unpaired) electrons. The normalized spacial score (nSPS) is 24.2. The number of ether oxygens (including phenoxy) is 1. The minimum atomic E-state index is -1.87. The van der Waals surface area contributed by atoms with Gasteiger partial charge in [0, 0.05) is 21.8 Å². The smallest absolute Gasteiger partial charge is 0.347 e. The summed E-state index contributed by atoms with van der Waals surface area (Å²) >= 11 is 6.83. The van der Waals surface area contributed by atoms with Crippen molar-refractivity contribution >= 4 is 37.8 Å². The van der Waals surface area contributed by atoms with E-state index in [1.807, 2.05) is 24.3 Å². The molecule has 2 bridgehead atoms. The van der Waals surface area contributed by atoms with Gasteiger partial charge in [-0.05, 0) is 47.5 Å². The number of esters is 1. The van der Waals surface area contributed by atoms with Crippen molar-refractivity contribution in [1.82, 2.24) is 0 Å². The number of aliphatic hydroxyl groups is 1. The third-order valence-corrected chi connectivity index (χ3v) is 7.42. The van der Waals surface area contributed by atoms with E-state index in [0.717, 1.165) is 26.3 Å². The number of likely N-dealkylation sites (N-methyl/N-ethyl adjacent to an activating group) is 1. The molecule has 2 aliphatic heterocycles. The minimum absolute atomic E-state index is 0. The Morgan fingerprint density at radius 1 is 0.933 bits per heavy atom. The largest absolute Gasteiger partial charge is 1.00 e. The second kappa shape index (κ2) is 8.87. The van der Waals surface area contributed by atoms with E-state index in [9.17, 15) is 9.90 Å². The lowest BCUT2D eigenvalue weighted by atomic mass is 9.86. The topological polar surface area (TPSA) is 46.5 Å². The number of fused-ring (bicyclic) bond motifs is 2. The molecule has 2 aromatic carbocycles. The Hall–Kier alpha value is -0.990. The highest BCUT2D eigenvalue weighted by atomic mass is 79.9. The molecule has 7 heteroatoms. The summed E-state index contributed by atoms with van der Waals surface area (Å²) in [7, 11) is 4.43. The standard InChI is InChI=1S/C23H24Br2NO3.BrH/c1-26(2)19-11-12-20(26)14-21(13-19)29-22(27)23(28,15-3-7-17(24)8-4-15)16-5-9-18(25)10-6-16;/h3-12,19-21,28H,13-14H2,1-2H3;1H/q+1;/p-1/t19-,20?,21?;/m1./s1. The number of hydrogen-bond donors (Lipinski definition) is 1. The fourth-order valence-electron chi connectivity index (χ4n) is 4.40. The van der Waals surface area contributed by atoms with Crippen LogP contribution in [0.3, 0.4) is 0 Å². The Bertz CT molecular complexity index is 878. The first-order valence-corrected chi connectivity index (χ1v) is 11.3. The first-order chi connectivity index (χ1) is 13.7. The average molecular weight is 602 g/mol. The number of quaternary nitrogens is 1. The fourth-order valence-corrected chi connectivity index (χ4v) is 4.93. The van der Waals surface area contributed by atoms with E-state index in [1.165, 1.54) is 0 Å². The molecule has 4 rings (SSSR count). The van der Waals surface area contributed by atoms with Crippen LogP contribution in [0.2, 0.25) is 0 Å². The molecule has 160 valence electrons. The first-order valence-electron chi connectivity index (χ1n) is 9.68. The number of carbonyl (C=O) groups excluding carboxylic acids is 1. The lowest BCUT2D eigenvalue weighted by Gasteiger charge is -2.44. The quantitative estimate of drug-likeness (QED) is 0.329. The van der Waals surface area contributed by atoms with E-state index in [0.29, 0.717) is 23.2 Å². The second-order valence-electron chi connectivity index (χ2n) is 8.37. The van der Waals surface area contributed by atoms with E-state index >= 15 is 0 Å². The first kappa shape index (κ1) is 23.7. The summed E-state index contributed by atoms with van der Waals surface area (Å²) < 4.78 is 8.59. The highest BCUT2D eigenvalue weighted by Gasteiger charge is 2.49. The van der Waals surface area contributed by atoms with Gasteiger partial charge in [-0.3, -0.25) is 0 Å². The van der Waals surface area contributed by atoms with Crippen molar-refractivity contribution in [3.8, 4) is 0 Å². The maximum atomic E-state index is 13.4. The lowest BCUT2D eigenvalue weighted by molar-refractivity contribution is -0.926. The maximum absolute atomic E-state index is 13.4. The van der Waals surface area contributed by atoms with Crippen molar-refractivity contribution in [2.45, 2.75) is 36.6 Å². The predicted molar refractivity (Wildman–Crippen MR) is 119 cm³/mol. The predicted octanol–water partition coefficient (Wildman–Crippen LogP) is 1.54. The number of rotatable bonds is 4. The van der Waals surface area contributed by atoms with Crippen LogP contribution >= 0.6 is 31.9 Å². The highest BCUT2D eigenvalue weighted by Crippen LogP contribution is 2.38. The van der Waals surface area contributed by atoms with E-state index in [1.54, 1.807) is 24.3 Å². The van der Waals surface area contributed by atoms with Gasteiger partial charge in [-0.25, -0.2) is 4.79 Å². The molecule has 30 heavy (non-hydrogen) atoms. The van der Waals surface area contributed by atoms with Crippen molar-refractivity contribution in [3.63, 3.8) is 0 Å². The molecule has 1 N–H and O–H groups in total. The molecule has 0 aliphatic carbocycles. The van der Waals surface area contributed by atoms with Gasteiger partial charge in [0.05, 0.1) is 14.1 Å². The number of carbonyl (C=O) groups is 1. The summed E-state index contributed by atoms with van der Waals surface area (Å²) in [6, 6.07) is 14.9. The van der Waals surface area contributed by atoms with Crippen LogP contribution in [0.5, 0.6) is 0 Å². The summed E-state index contributed by atoms with van der Waals surface area (Å²) in [6.45, 7) is 0. The van der Waals surface area contributed by atoms with Gasteiger partial charge in [-0.15, -0.1) is 0 Å². The van der Waals surface area contributed by atoms with Crippen molar-refractivity contribution in [3.05, 3.63) is 80.8 Å². The van der Waals surface area contributed by atoms with Crippen LogP contribution in [0.25, 0.3) is 0 Å². The summed E-state index contributed by atoms with van der Waals surface area (Å²) in [5.41, 5.74) is -0.891. The Balaban J connectivity index is 0.00000256. The van der Waals surface area contributed by atoms with Crippen LogP contribution in [0.1, 0.15) is 24.0 Å². The van der Waals surface area contributed by atoms with Gasteiger partial charge >= 0.3 is 5.97 Å². The zero-order chi connectivity index (χ0) is 20.8. The number of hydrogen-bond acceptors (Lipinski definition) is 3. The minimum Gasteiger partial charge on any atom is -1.00 e. The highest BCUT2D eigenvalue weighted by molar-refractivity contribution is 9.10. The van der Waals surface area contributed by atoms with E-state index in [4.69, 9.17) is 4.74 Å². The molecule has 0 spiro atoms. The maximum Gasteiger partial charge on any atom is 0.347 e. The Labute approximate surface area is 204 Å². The third kappa shape index (κ3) is 4.19. The number of piperidine rings is 1. The molecule has 2 aromatic rings. The third-order valence-electron chi connectivity index (χ3n) is 6.37. The van der Waals surface area contributed by atoms with Crippen LogP contribution in [-0.4, -0.2) is 47.8 Å². The van der Waals surface area contributed by atoms with Gasteiger partial charge in [-0.1, -0.05) is 56.1 Å². The Morgan fingerprint density at radius 3 is 1.73 bits per heavy atom. The van der Waals surface area contributed by atoms with Crippen LogP contribution in [0.15, 0.2) is 69.6 Å². The van der Waals surface area contributed by atoms with E-state index < -0.39 is 11.6 Å². The van der Waals surface area contributed by atoms with E-state index in [2.05, 4.69) is 58.1 Å². The molecule has 0 aromatic heterocycles. The molecule has 1 saturated heterocycles. The van der Waals surface area contributed by atoms with Gasteiger partial charge in [0.25, 0.3) is 0 Å². The van der Waals surface area contributed by atoms with E-state index in [-0.39, 0.29) is 23.1 Å². The molecular formula is C23H24Br3NO3. The fraction of sp³-hybridized carbons (Fsp3) is 0.348. The van der Waals surface area contributed by atoms with Crippen molar-refractivity contribution in [1.29, 1.82) is 0 Å². The SMILES string of the molecule is C[N+]1(C)C2C=C[C@@H]1CC(OC(=O)C(O)(c1ccc(Br)cc1)c1ccc(Br)cc1)C2.[Br-]. The molecule has 0 amide bonds. The zero-order valence-corrected chi connectivity index (χ0v) is 21.5. The Kier molecular flexibility index (Phi) is 6.99. The van der Waals surface area contributed by atoms with Crippen molar-refractivity contribution < 1.29 is 36.1 Å². The molecule has 2 heterocycles. The van der Waals surface area contributed by atoms with Crippen LogP contribution in [-0.2, 0) is 15.1 Å². The van der Waals surface area contributed by atoms with Gasteiger partial charge < -0.3 is 31.3 Å². The zero-order valence-electron chi connectivity index (χ0n) is 16.8. The lowest BCUT2D eigenvalue weighted by Crippen LogP contribution is -3.00. The number of benzene rings is 2. The van der Waals surface area contributed by atoms with Gasteiger partial charge in [0.2, 0.25) is 5.60 Å². The summed E-state index contributed by atoms with van der Waals surface area (Å²) in [5, 5.41) is 11.7. The summed E-state index contributed by atoms with van der Waals surface area (Å²) in [5.74, 6) is -0.626. The van der Waals surface area contributed by atoms with Crippen LogP contribution in [0, 0.1) is 0 Å². The summed E-state index contributed by atoms with van der Waals surface area (Å²) in [4.78, 5) is 13.4. The molecule has 2 unspecified atom stereocenters. The Morgan fingerprint density at radius 2 is 1.33 bits per heavy atom. The molecular weight excluding hydrogens is 578 g/mol. The van der Waals surface area contributed by atoms with Gasteiger partial charge in [0.15, 0.2) is 0 Å². The number of nitrogens with zero attached hydrogens (tertiary/aromatic N) is 1. The molecule has 1 fully saturated rings. The molecule has 0 saturated carbocycles. The molecule has 3 atom stereocenters. The van der Waals surface area contributed by atoms with Crippen LogP contribution < -0.4 is 17.0 Å². The monoisotopic (exact) mass is 599 g/mol. The molecule has 4 nitrogen and oxygen atoms in total. The van der Waals surface area contributed by atoms with Gasteiger partial charge in [-0.2, -0.15) is 0 Å². The molecule has 2 aliphatic rings. The van der Waals surface area contributed by atoms with Crippen molar-refractivity contribution in [2.24, 2.45) is 0 Å². The van der Waals surface area contributed by atoms with Crippen LogP contribution in [0.4, 0.5) is 0 Å². The average Bonchev–Trinajstić information content (AvgIpc) is 2.85. The summed E-state index contributed by atoms with van der Waals surface area (Å²) in [6.07, 6.45) is 5.78. The second-order valence-corrected chi connectivity index (χ2v) is 10.2. The van der Waals surface area contributed by atoms with Crippen molar-refractivity contribution in [2.75, 3.05) is 14.1 Å². The van der Waals surface area contributed by atoms with Gasteiger partial charge in [0.1, 0.15) is 18.2 Å².